The lowest BCUT2D eigenvalue weighted by Crippen LogP contribution is -2.51. The molecule has 0 bridgehead atoms. The maximum atomic E-state index is 13.8. The van der Waals surface area contributed by atoms with Crippen LogP contribution in [0.3, 0.4) is 0 Å². The van der Waals surface area contributed by atoms with Crippen molar-refractivity contribution in [2.75, 3.05) is 13.1 Å². The predicted molar refractivity (Wildman–Crippen MR) is 128 cm³/mol. The van der Waals surface area contributed by atoms with Crippen molar-refractivity contribution < 1.29 is 45.9 Å². The van der Waals surface area contributed by atoms with Crippen LogP contribution in [0.5, 0.6) is 11.5 Å². The number of rotatable bonds is 6. The average Bonchev–Trinajstić information content (AvgIpc) is 3.24. The summed E-state index contributed by atoms with van der Waals surface area (Å²) >= 11 is 6.23. The van der Waals surface area contributed by atoms with Crippen molar-refractivity contribution in [3.05, 3.63) is 53.1 Å². The molecule has 38 heavy (non-hydrogen) atoms. The van der Waals surface area contributed by atoms with Gasteiger partial charge in [-0.1, -0.05) is 11.6 Å². The van der Waals surface area contributed by atoms with Crippen LogP contribution in [0.2, 0.25) is 5.02 Å². The number of carbonyl (C=O) groups is 2. The van der Waals surface area contributed by atoms with Gasteiger partial charge in [0.2, 0.25) is 0 Å². The average molecular weight is 577 g/mol. The second kappa shape index (κ2) is 10.4. The number of esters is 1. The lowest BCUT2D eigenvalue weighted by atomic mass is 9.77. The summed E-state index contributed by atoms with van der Waals surface area (Å²) in [6.07, 6.45) is -2.94. The second-order valence-electron chi connectivity index (χ2n) is 9.42. The molecule has 2 aromatic rings. The molecule has 206 valence electrons. The molecule has 1 atom stereocenters. The molecular formula is C24H24ClF3N2O7S. The molecule has 2 aromatic carbocycles. The minimum Gasteiger partial charge on any atom is -0.421 e. The highest BCUT2D eigenvalue weighted by Gasteiger charge is 2.60. The molecule has 1 saturated heterocycles. The van der Waals surface area contributed by atoms with Crippen molar-refractivity contribution in [3.8, 4) is 11.5 Å². The molecule has 2 aliphatic rings. The van der Waals surface area contributed by atoms with E-state index in [1.807, 2.05) is 0 Å². The Labute approximate surface area is 221 Å². The molecule has 1 amide bonds. The van der Waals surface area contributed by atoms with E-state index in [9.17, 15) is 36.4 Å². The number of alkyl halides is 3. The monoisotopic (exact) mass is 576 g/mol. The molecule has 14 heteroatoms. The number of hydrogen-bond acceptors (Lipinski definition) is 8. The van der Waals surface area contributed by atoms with Gasteiger partial charge in [-0.2, -0.15) is 0 Å². The molecule has 2 fully saturated rings. The van der Waals surface area contributed by atoms with Gasteiger partial charge < -0.3 is 14.8 Å². The Bertz CT molecular complexity index is 1330. The Balaban J connectivity index is 1.56. The zero-order valence-electron chi connectivity index (χ0n) is 19.8. The van der Waals surface area contributed by atoms with E-state index in [-0.39, 0.29) is 39.5 Å². The van der Waals surface area contributed by atoms with Gasteiger partial charge in [0.05, 0.1) is 15.5 Å². The van der Waals surface area contributed by atoms with Gasteiger partial charge in [-0.3, -0.25) is 10.0 Å². The number of halogens is 4. The number of nitrogens with one attached hydrogen (secondary N) is 2. The Morgan fingerprint density at radius 3 is 2.26 bits per heavy atom. The maximum absolute atomic E-state index is 13.8. The van der Waals surface area contributed by atoms with Gasteiger partial charge in [-0.15, -0.1) is 13.2 Å². The number of benzene rings is 2. The molecule has 9 nitrogen and oxygen atoms in total. The summed E-state index contributed by atoms with van der Waals surface area (Å²) in [4.78, 5) is 25.0. The van der Waals surface area contributed by atoms with Crippen LogP contribution in [-0.2, 0) is 14.6 Å². The Morgan fingerprint density at radius 2 is 1.68 bits per heavy atom. The van der Waals surface area contributed by atoms with Gasteiger partial charge in [0, 0.05) is 0 Å². The number of carbonyl (C=O) groups excluding carboxylic acids is 2. The zero-order valence-corrected chi connectivity index (χ0v) is 21.4. The lowest BCUT2D eigenvalue weighted by molar-refractivity contribution is -0.274. The van der Waals surface area contributed by atoms with Crippen molar-refractivity contribution >= 4 is 33.3 Å². The minimum absolute atomic E-state index is 0.0180. The third-order valence-electron chi connectivity index (χ3n) is 7.15. The van der Waals surface area contributed by atoms with E-state index in [1.54, 1.807) is 0 Å². The first-order chi connectivity index (χ1) is 17.8. The van der Waals surface area contributed by atoms with Crippen LogP contribution < -0.4 is 20.3 Å². The van der Waals surface area contributed by atoms with Gasteiger partial charge in [0.25, 0.3) is 5.91 Å². The number of hydrogen-bond donors (Lipinski definition) is 3. The van der Waals surface area contributed by atoms with Crippen LogP contribution in [0.15, 0.2) is 47.4 Å². The van der Waals surface area contributed by atoms with Crippen molar-refractivity contribution in [2.24, 2.45) is 5.41 Å². The number of hydroxylamine groups is 1. The van der Waals surface area contributed by atoms with E-state index in [0.717, 1.165) is 42.5 Å². The molecule has 0 aromatic heterocycles. The Kier molecular flexibility index (Phi) is 7.67. The zero-order chi connectivity index (χ0) is 27.8. The number of ether oxygens (including phenoxy) is 2. The van der Waals surface area contributed by atoms with Crippen LogP contribution in [0.4, 0.5) is 13.2 Å². The molecule has 3 N–H and O–H groups in total. The molecular weight excluding hydrogens is 553 g/mol. The lowest BCUT2D eigenvalue weighted by Gasteiger charge is -2.36. The third kappa shape index (κ3) is 5.46. The predicted octanol–water partition coefficient (Wildman–Crippen LogP) is 4.03. The minimum atomic E-state index is -4.89. The summed E-state index contributed by atoms with van der Waals surface area (Å²) in [5.74, 6) is -2.70. The largest absolute Gasteiger partial charge is 0.573 e. The number of amides is 1. The number of sulfone groups is 1. The van der Waals surface area contributed by atoms with Crippen LogP contribution >= 0.6 is 11.6 Å². The van der Waals surface area contributed by atoms with E-state index >= 15 is 0 Å². The highest BCUT2D eigenvalue weighted by molar-refractivity contribution is 7.93. The van der Waals surface area contributed by atoms with Crippen molar-refractivity contribution in [1.82, 2.24) is 10.8 Å². The van der Waals surface area contributed by atoms with Gasteiger partial charge in [-0.05, 0) is 93.1 Å². The Morgan fingerprint density at radius 1 is 1.03 bits per heavy atom. The summed E-state index contributed by atoms with van der Waals surface area (Å²) in [7, 11) is -4.35. The SMILES string of the molecule is O=C(Oc1ccc(S(=O)(=O)C2(C(=O)NO)CCC3(CCNCC3)C2)cc1Cl)c1ccc(OC(F)(F)F)cc1. The summed E-state index contributed by atoms with van der Waals surface area (Å²) < 4.78 is 71.6. The fourth-order valence-corrected chi connectivity index (χ4v) is 7.60. The third-order valence-corrected chi connectivity index (χ3v) is 9.89. The fourth-order valence-electron chi connectivity index (χ4n) is 5.19. The van der Waals surface area contributed by atoms with E-state index in [2.05, 4.69) is 10.1 Å². The van der Waals surface area contributed by atoms with E-state index in [0.29, 0.717) is 32.4 Å². The first kappa shape index (κ1) is 28.1. The molecule has 1 heterocycles. The fraction of sp³-hybridized carbons (Fsp3) is 0.417. The molecule has 1 unspecified atom stereocenters. The second-order valence-corrected chi connectivity index (χ2v) is 12.1. The molecule has 1 aliphatic carbocycles. The molecule has 1 aliphatic heterocycles. The van der Waals surface area contributed by atoms with Gasteiger partial charge in [-0.25, -0.2) is 18.7 Å². The van der Waals surface area contributed by atoms with Crippen molar-refractivity contribution in [3.63, 3.8) is 0 Å². The molecule has 4 rings (SSSR count). The first-order valence-corrected chi connectivity index (χ1v) is 13.4. The van der Waals surface area contributed by atoms with Crippen LogP contribution in [0.1, 0.15) is 42.5 Å². The quantitative estimate of drug-likeness (QED) is 0.203. The first-order valence-electron chi connectivity index (χ1n) is 11.6. The standard InChI is InChI=1S/C24H24ClF3N2O7S/c25-18-13-17(5-6-19(18)36-20(31)15-1-3-16(4-2-15)37-24(26,27)28)38(34,35)23(21(32)30-33)8-7-22(14-23)9-11-29-12-10-22/h1-6,13,29,33H,7-12,14H2,(H,30,32). The maximum Gasteiger partial charge on any atom is 0.573 e. The van der Waals surface area contributed by atoms with Gasteiger partial charge >= 0.3 is 12.3 Å². The summed E-state index contributed by atoms with van der Waals surface area (Å²) in [5.41, 5.74) is 1.06. The summed E-state index contributed by atoms with van der Waals surface area (Å²) in [5, 5.41) is 12.4. The van der Waals surface area contributed by atoms with E-state index in [4.69, 9.17) is 16.3 Å². The van der Waals surface area contributed by atoms with Gasteiger partial charge in [0.15, 0.2) is 14.6 Å². The summed E-state index contributed by atoms with van der Waals surface area (Å²) in [6.45, 7) is 1.39. The van der Waals surface area contributed by atoms with Crippen molar-refractivity contribution in [2.45, 2.75) is 48.1 Å². The highest BCUT2D eigenvalue weighted by atomic mass is 35.5. The molecule has 1 saturated carbocycles. The molecule has 0 radical (unpaired) electrons. The normalized spacial score (nSPS) is 21.2. The molecule has 1 spiro atoms. The van der Waals surface area contributed by atoms with E-state index in [1.165, 1.54) is 5.48 Å². The van der Waals surface area contributed by atoms with Crippen LogP contribution in [0.25, 0.3) is 0 Å². The Hall–Kier alpha value is -2.87. The summed E-state index contributed by atoms with van der Waals surface area (Å²) in [6, 6.07) is 7.33. The number of piperidine rings is 1. The van der Waals surface area contributed by atoms with E-state index < -0.39 is 38.6 Å². The van der Waals surface area contributed by atoms with Crippen LogP contribution in [-0.4, -0.2) is 49.7 Å². The topological polar surface area (TPSA) is 131 Å². The highest BCUT2D eigenvalue weighted by Crippen LogP contribution is 2.54. The smallest absolute Gasteiger partial charge is 0.421 e. The van der Waals surface area contributed by atoms with Crippen molar-refractivity contribution in [1.29, 1.82) is 0 Å². The van der Waals surface area contributed by atoms with Gasteiger partial charge in [0.1, 0.15) is 11.5 Å². The van der Waals surface area contributed by atoms with Crippen LogP contribution in [0, 0.1) is 5.41 Å².